The van der Waals surface area contributed by atoms with Crippen LogP contribution < -0.4 is 14.8 Å². The minimum atomic E-state index is -0.238. The Labute approximate surface area is 161 Å². The van der Waals surface area contributed by atoms with Crippen LogP contribution in [0.5, 0.6) is 11.5 Å². The van der Waals surface area contributed by atoms with Gasteiger partial charge in [0.2, 0.25) is 12.7 Å². The summed E-state index contributed by atoms with van der Waals surface area (Å²) in [6.07, 6.45) is 1.94. The van der Waals surface area contributed by atoms with Crippen molar-refractivity contribution in [3.8, 4) is 11.5 Å². The van der Waals surface area contributed by atoms with Crippen molar-refractivity contribution in [2.75, 3.05) is 13.8 Å². The summed E-state index contributed by atoms with van der Waals surface area (Å²) in [4.78, 5) is 14.9. The molecule has 5 nitrogen and oxygen atoms in total. The summed E-state index contributed by atoms with van der Waals surface area (Å²) in [5.41, 5.74) is 2.24. The zero-order chi connectivity index (χ0) is 19.2. The molecule has 2 atom stereocenters. The molecule has 0 fully saturated rings. The fourth-order valence-corrected chi connectivity index (χ4v) is 3.25. The maximum absolute atomic E-state index is 12.8. The van der Waals surface area contributed by atoms with Gasteiger partial charge in [0.1, 0.15) is 0 Å². The zero-order valence-electron chi connectivity index (χ0n) is 16.3. The van der Waals surface area contributed by atoms with Gasteiger partial charge in [-0.05, 0) is 43.7 Å². The molecule has 2 aromatic carbocycles. The first-order valence-electron chi connectivity index (χ1n) is 9.52. The van der Waals surface area contributed by atoms with Crippen LogP contribution in [0.2, 0.25) is 0 Å². The summed E-state index contributed by atoms with van der Waals surface area (Å²) in [5, 5.41) is 3.22. The van der Waals surface area contributed by atoms with Crippen molar-refractivity contribution in [2.24, 2.45) is 0 Å². The summed E-state index contributed by atoms with van der Waals surface area (Å²) in [6.45, 7) is 5.01. The first-order valence-corrected chi connectivity index (χ1v) is 9.52. The Morgan fingerprint density at radius 3 is 2.63 bits per heavy atom. The summed E-state index contributed by atoms with van der Waals surface area (Å²) in [6, 6.07) is 15.9. The smallest absolute Gasteiger partial charge is 0.237 e. The van der Waals surface area contributed by atoms with Gasteiger partial charge in [0.05, 0.1) is 12.1 Å². The van der Waals surface area contributed by atoms with Gasteiger partial charge in [0.25, 0.3) is 0 Å². The van der Waals surface area contributed by atoms with E-state index >= 15 is 0 Å². The Morgan fingerprint density at radius 2 is 1.89 bits per heavy atom. The summed E-state index contributed by atoms with van der Waals surface area (Å²) in [5.74, 6) is 1.59. The molecule has 0 aromatic heterocycles. The summed E-state index contributed by atoms with van der Waals surface area (Å²) in [7, 11) is 1.96. The van der Waals surface area contributed by atoms with Crippen molar-refractivity contribution < 1.29 is 14.3 Å². The number of hydrogen-bond donors (Lipinski definition) is 1. The monoisotopic (exact) mass is 368 g/mol. The van der Waals surface area contributed by atoms with Crippen molar-refractivity contribution in [2.45, 2.75) is 45.3 Å². The van der Waals surface area contributed by atoms with Crippen LogP contribution in [-0.2, 0) is 11.3 Å². The van der Waals surface area contributed by atoms with Crippen LogP contribution in [0.3, 0.4) is 0 Å². The number of nitrogens with zero attached hydrogens (tertiary/aromatic N) is 1. The van der Waals surface area contributed by atoms with E-state index in [1.165, 1.54) is 0 Å². The van der Waals surface area contributed by atoms with Gasteiger partial charge in [-0.25, -0.2) is 0 Å². The molecule has 144 valence electrons. The molecule has 1 N–H and O–H groups in total. The van der Waals surface area contributed by atoms with Crippen molar-refractivity contribution in [1.29, 1.82) is 0 Å². The predicted octanol–water partition coefficient (Wildman–Crippen LogP) is 3.89. The molecule has 0 aliphatic carbocycles. The highest BCUT2D eigenvalue weighted by atomic mass is 16.7. The van der Waals surface area contributed by atoms with Crippen LogP contribution in [0.4, 0.5) is 0 Å². The first kappa shape index (κ1) is 19.2. The van der Waals surface area contributed by atoms with Gasteiger partial charge in [-0.15, -0.1) is 0 Å². The summed E-state index contributed by atoms with van der Waals surface area (Å²) >= 11 is 0. The van der Waals surface area contributed by atoms with E-state index in [0.29, 0.717) is 6.54 Å². The van der Waals surface area contributed by atoms with Crippen molar-refractivity contribution >= 4 is 5.91 Å². The van der Waals surface area contributed by atoms with Gasteiger partial charge < -0.3 is 14.8 Å². The molecule has 5 heteroatoms. The molecule has 2 aromatic rings. The molecule has 0 saturated heterocycles. The molecule has 0 radical (unpaired) electrons. The number of carbonyl (C=O) groups is 1. The second-order valence-corrected chi connectivity index (χ2v) is 7.04. The highest BCUT2D eigenvalue weighted by molar-refractivity contribution is 5.81. The molecular weight excluding hydrogens is 340 g/mol. The van der Waals surface area contributed by atoms with Crippen LogP contribution in [0, 0.1) is 0 Å². The average Bonchev–Trinajstić information content (AvgIpc) is 3.15. The van der Waals surface area contributed by atoms with E-state index in [0.717, 1.165) is 35.5 Å². The lowest BCUT2D eigenvalue weighted by atomic mass is 10.0. The lowest BCUT2D eigenvalue weighted by molar-refractivity contribution is -0.126. The van der Waals surface area contributed by atoms with E-state index in [2.05, 4.69) is 24.4 Å². The third-order valence-corrected chi connectivity index (χ3v) is 5.01. The molecule has 27 heavy (non-hydrogen) atoms. The van der Waals surface area contributed by atoms with E-state index in [1.54, 1.807) is 0 Å². The fourth-order valence-electron chi connectivity index (χ4n) is 3.25. The largest absolute Gasteiger partial charge is 0.454 e. The lowest BCUT2D eigenvalue weighted by Crippen LogP contribution is -2.44. The molecule has 2 unspecified atom stereocenters. The molecule has 1 aliphatic heterocycles. The number of nitrogens with one attached hydrogen (secondary N) is 1. The molecule has 0 spiro atoms. The minimum Gasteiger partial charge on any atom is -0.454 e. The average molecular weight is 368 g/mol. The molecule has 0 saturated carbocycles. The molecular formula is C22H28N2O3. The number of hydrogen-bond acceptors (Lipinski definition) is 4. The lowest BCUT2D eigenvalue weighted by Gasteiger charge is -2.27. The highest BCUT2D eigenvalue weighted by Crippen LogP contribution is 2.32. The van der Waals surface area contributed by atoms with Crippen molar-refractivity contribution in [1.82, 2.24) is 10.2 Å². The topological polar surface area (TPSA) is 50.8 Å². The standard InChI is InChI=1S/C22H28N2O3/c1-4-8-19(18-9-6-5-7-10-18)23-22(25)16(2)24(3)14-17-11-12-20-21(13-17)27-15-26-20/h5-7,9-13,16,19H,4,8,14-15H2,1-3H3,(H,23,25). The van der Waals surface area contributed by atoms with Gasteiger partial charge in [-0.2, -0.15) is 0 Å². The van der Waals surface area contributed by atoms with Crippen LogP contribution in [0.15, 0.2) is 48.5 Å². The van der Waals surface area contributed by atoms with Gasteiger partial charge in [0.15, 0.2) is 11.5 Å². The Balaban J connectivity index is 1.61. The summed E-state index contributed by atoms with van der Waals surface area (Å²) < 4.78 is 10.8. The molecule has 1 heterocycles. The van der Waals surface area contributed by atoms with Gasteiger partial charge in [-0.3, -0.25) is 9.69 Å². The number of rotatable bonds is 8. The van der Waals surface area contributed by atoms with Crippen LogP contribution in [-0.4, -0.2) is 30.7 Å². The number of carbonyl (C=O) groups excluding carboxylic acids is 1. The number of benzene rings is 2. The Hall–Kier alpha value is -2.53. The van der Waals surface area contributed by atoms with Gasteiger partial charge in [-0.1, -0.05) is 49.7 Å². The zero-order valence-corrected chi connectivity index (χ0v) is 16.3. The molecule has 0 bridgehead atoms. The van der Waals surface area contributed by atoms with Gasteiger partial charge >= 0.3 is 0 Å². The highest BCUT2D eigenvalue weighted by Gasteiger charge is 2.22. The second kappa shape index (κ2) is 8.91. The van der Waals surface area contributed by atoms with E-state index in [4.69, 9.17) is 9.47 Å². The van der Waals surface area contributed by atoms with Crippen LogP contribution >= 0.6 is 0 Å². The number of amides is 1. The number of fused-ring (bicyclic) bond motifs is 1. The van der Waals surface area contributed by atoms with E-state index in [1.807, 2.05) is 55.3 Å². The number of ether oxygens (including phenoxy) is 2. The SMILES string of the molecule is CCCC(NC(=O)C(C)N(C)Cc1ccc2c(c1)OCO2)c1ccccc1. The Bertz CT molecular complexity index is 763. The third kappa shape index (κ3) is 4.80. The number of likely N-dealkylation sites (N-methyl/N-ethyl adjacent to an activating group) is 1. The quantitative estimate of drug-likeness (QED) is 0.768. The van der Waals surface area contributed by atoms with Crippen molar-refractivity contribution in [3.63, 3.8) is 0 Å². The van der Waals surface area contributed by atoms with Crippen LogP contribution in [0.1, 0.15) is 43.9 Å². The maximum Gasteiger partial charge on any atom is 0.237 e. The molecule has 1 amide bonds. The minimum absolute atomic E-state index is 0.0422. The Morgan fingerprint density at radius 1 is 1.15 bits per heavy atom. The first-order chi connectivity index (χ1) is 13.1. The Kier molecular flexibility index (Phi) is 6.35. The predicted molar refractivity (Wildman–Crippen MR) is 106 cm³/mol. The van der Waals surface area contributed by atoms with E-state index in [-0.39, 0.29) is 24.8 Å². The van der Waals surface area contributed by atoms with E-state index in [9.17, 15) is 4.79 Å². The van der Waals surface area contributed by atoms with Crippen molar-refractivity contribution in [3.05, 3.63) is 59.7 Å². The normalized spacial score (nSPS) is 14.8. The fraction of sp³-hybridized carbons (Fsp3) is 0.409. The van der Waals surface area contributed by atoms with E-state index < -0.39 is 0 Å². The third-order valence-electron chi connectivity index (χ3n) is 5.01. The maximum atomic E-state index is 12.8. The van der Waals surface area contributed by atoms with Gasteiger partial charge in [0, 0.05) is 6.54 Å². The molecule has 3 rings (SSSR count). The second-order valence-electron chi connectivity index (χ2n) is 7.04. The van der Waals surface area contributed by atoms with Crippen LogP contribution in [0.25, 0.3) is 0 Å². The molecule has 1 aliphatic rings.